The Bertz CT molecular complexity index is 706. The van der Waals surface area contributed by atoms with E-state index in [1.54, 1.807) is 37.3 Å². The van der Waals surface area contributed by atoms with Crippen molar-refractivity contribution in [3.05, 3.63) is 66.1 Å². The minimum atomic E-state index is -1.15. The maximum Gasteiger partial charge on any atom is 0.244 e. The van der Waals surface area contributed by atoms with Crippen LogP contribution >= 0.6 is 0 Å². The number of hydrogen-bond donors (Lipinski definition) is 3. The number of nitrogens with one attached hydrogen (secondary N) is 2. The van der Waals surface area contributed by atoms with E-state index in [0.717, 1.165) is 5.56 Å². The predicted molar refractivity (Wildman–Crippen MR) is 94.4 cm³/mol. The van der Waals surface area contributed by atoms with Crippen LogP contribution in [0.2, 0.25) is 0 Å². The molecule has 0 saturated carbocycles. The van der Waals surface area contributed by atoms with Gasteiger partial charge in [-0.05, 0) is 30.7 Å². The van der Waals surface area contributed by atoms with E-state index in [-0.39, 0.29) is 31.3 Å². The summed E-state index contributed by atoms with van der Waals surface area (Å²) in [6, 6.07) is 12.6. The maximum atomic E-state index is 11.8. The summed E-state index contributed by atoms with van der Waals surface area (Å²) in [5, 5.41) is 15.7. The van der Waals surface area contributed by atoms with Crippen LogP contribution in [0.5, 0.6) is 0 Å². The van der Waals surface area contributed by atoms with E-state index in [4.69, 9.17) is 4.42 Å². The molecular weight excluding hydrogens is 320 g/mol. The van der Waals surface area contributed by atoms with Crippen LogP contribution in [0.25, 0.3) is 6.08 Å². The van der Waals surface area contributed by atoms with Gasteiger partial charge in [0.1, 0.15) is 11.4 Å². The molecule has 0 aliphatic heterocycles. The van der Waals surface area contributed by atoms with Gasteiger partial charge in [0.15, 0.2) is 0 Å². The second-order valence-corrected chi connectivity index (χ2v) is 5.81. The molecule has 2 rings (SSSR count). The number of aliphatic hydroxyl groups is 1. The van der Waals surface area contributed by atoms with Crippen molar-refractivity contribution in [2.45, 2.75) is 18.9 Å². The number of rotatable bonds is 8. The van der Waals surface area contributed by atoms with E-state index in [1.165, 1.54) is 12.3 Å². The number of furan rings is 1. The Labute approximate surface area is 146 Å². The van der Waals surface area contributed by atoms with Crippen LogP contribution in [0.15, 0.2) is 59.2 Å². The normalized spacial score (nSPS) is 13.4. The average molecular weight is 342 g/mol. The highest BCUT2D eigenvalue weighted by atomic mass is 16.3. The van der Waals surface area contributed by atoms with Gasteiger partial charge in [-0.2, -0.15) is 0 Å². The highest BCUT2D eigenvalue weighted by Crippen LogP contribution is 2.18. The number of carbonyl (C=O) groups excluding carboxylic acids is 2. The maximum absolute atomic E-state index is 11.8. The third-order valence-corrected chi connectivity index (χ3v) is 3.62. The molecule has 3 N–H and O–H groups in total. The lowest BCUT2D eigenvalue weighted by Gasteiger charge is -2.24. The fourth-order valence-electron chi connectivity index (χ4n) is 2.16. The van der Waals surface area contributed by atoms with Gasteiger partial charge < -0.3 is 20.2 Å². The van der Waals surface area contributed by atoms with Gasteiger partial charge in [-0.3, -0.25) is 9.59 Å². The van der Waals surface area contributed by atoms with Crippen molar-refractivity contribution in [1.29, 1.82) is 0 Å². The highest BCUT2D eigenvalue weighted by molar-refractivity contribution is 5.91. The van der Waals surface area contributed by atoms with Gasteiger partial charge in [0.2, 0.25) is 11.8 Å². The van der Waals surface area contributed by atoms with E-state index in [2.05, 4.69) is 10.6 Å². The summed E-state index contributed by atoms with van der Waals surface area (Å²) in [5.41, 5.74) is -0.418. The van der Waals surface area contributed by atoms with Gasteiger partial charge in [0, 0.05) is 19.0 Å². The van der Waals surface area contributed by atoms with Crippen LogP contribution in [-0.4, -0.2) is 30.0 Å². The summed E-state index contributed by atoms with van der Waals surface area (Å²) in [7, 11) is 0. The van der Waals surface area contributed by atoms with Gasteiger partial charge in [-0.15, -0.1) is 0 Å². The van der Waals surface area contributed by atoms with Gasteiger partial charge in [-0.25, -0.2) is 0 Å². The van der Waals surface area contributed by atoms with Crippen molar-refractivity contribution in [3.63, 3.8) is 0 Å². The van der Waals surface area contributed by atoms with Gasteiger partial charge in [-0.1, -0.05) is 30.3 Å². The molecule has 0 fully saturated rings. The third-order valence-electron chi connectivity index (χ3n) is 3.62. The number of hydrogen-bond acceptors (Lipinski definition) is 4. The standard InChI is InChI=1S/C19H22N2O4/c1-19(24,15-6-3-2-4-7-15)14-21-18(23)11-12-20-17(22)10-9-16-8-5-13-25-16/h2-10,13,24H,11-12,14H2,1H3,(H,20,22)(H,21,23). The van der Waals surface area contributed by atoms with Crippen molar-refractivity contribution in [1.82, 2.24) is 10.6 Å². The quantitative estimate of drug-likeness (QED) is 0.638. The van der Waals surface area contributed by atoms with Gasteiger partial charge >= 0.3 is 0 Å². The molecule has 25 heavy (non-hydrogen) atoms. The van der Waals surface area contributed by atoms with E-state index in [0.29, 0.717) is 5.76 Å². The molecule has 1 aromatic carbocycles. The van der Waals surface area contributed by atoms with Crippen molar-refractivity contribution in [2.75, 3.05) is 13.1 Å². The summed E-state index contributed by atoms with van der Waals surface area (Å²) >= 11 is 0. The Morgan fingerprint density at radius 1 is 1.16 bits per heavy atom. The van der Waals surface area contributed by atoms with Crippen molar-refractivity contribution in [2.24, 2.45) is 0 Å². The second-order valence-electron chi connectivity index (χ2n) is 5.81. The topological polar surface area (TPSA) is 91.6 Å². The summed E-state index contributed by atoms with van der Waals surface area (Å²) < 4.78 is 5.07. The molecule has 0 saturated heterocycles. The Morgan fingerprint density at radius 3 is 2.60 bits per heavy atom. The monoisotopic (exact) mass is 342 g/mol. The minimum Gasteiger partial charge on any atom is -0.465 e. The molecule has 132 valence electrons. The van der Waals surface area contributed by atoms with Crippen molar-refractivity contribution < 1.29 is 19.1 Å². The Balaban J connectivity index is 1.68. The van der Waals surface area contributed by atoms with Gasteiger partial charge in [0.05, 0.1) is 12.8 Å². The first kappa shape index (κ1) is 18.5. The first-order valence-electron chi connectivity index (χ1n) is 8.01. The zero-order valence-electron chi connectivity index (χ0n) is 14.1. The van der Waals surface area contributed by atoms with Crippen molar-refractivity contribution >= 4 is 17.9 Å². The van der Waals surface area contributed by atoms with Crippen LogP contribution in [0, 0.1) is 0 Å². The second kappa shape index (κ2) is 8.84. The molecule has 0 spiro atoms. The minimum absolute atomic E-state index is 0.0994. The molecule has 1 unspecified atom stereocenters. The lowest BCUT2D eigenvalue weighted by atomic mass is 9.96. The van der Waals surface area contributed by atoms with Crippen LogP contribution in [0.4, 0.5) is 0 Å². The Kier molecular flexibility index (Phi) is 6.54. The van der Waals surface area contributed by atoms with Crippen molar-refractivity contribution in [3.8, 4) is 0 Å². The highest BCUT2D eigenvalue weighted by Gasteiger charge is 2.23. The van der Waals surface area contributed by atoms with Crippen LogP contribution in [0.1, 0.15) is 24.7 Å². The molecule has 0 aliphatic rings. The predicted octanol–water partition coefficient (Wildman–Crippen LogP) is 1.82. The molecule has 1 atom stereocenters. The van der Waals surface area contributed by atoms with E-state index >= 15 is 0 Å². The fraction of sp³-hybridized carbons (Fsp3) is 0.263. The summed E-state index contributed by atoms with van der Waals surface area (Å²) in [6.45, 7) is 1.95. The molecular formula is C19H22N2O4. The first-order valence-corrected chi connectivity index (χ1v) is 8.01. The Morgan fingerprint density at radius 2 is 1.92 bits per heavy atom. The molecule has 2 aromatic rings. The largest absolute Gasteiger partial charge is 0.465 e. The van der Waals surface area contributed by atoms with Crippen LogP contribution in [-0.2, 0) is 15.2 Å². The molecule has 6 heteroatoms. The zero-order chi connectivity index (χ0) is 18.1. The van der Waals surface area contributed by atoms with Crippen LogP contribution in [0.3, 0.4) is 0 Å². The molecule has 0 aliphatic carbocycles. The summed E-state index contributed by atoms with van der Waals surface area (Å²) in [6.07, 6.45) is 4.54. The fourth-order valence-corrected chi connectivity index (χ4v) is 2.16. The first-order chi connectivity index (χ1) is 12.0. The summed E-state index contributed by atoms with van der Waals surface area (Å²) in [4.78, 5) is 23.5. The summed E-state index contributed by atoms with van der Waals surface area (Å²) in [5.74, 6) is 0.0306. The number of amides is 2. The molecule has 1 aromatic heterocycles. The molecule has 0 radical (unpaired) electrons. The SMILES string of the molecule is CC(O)(CNC(=O)CCNC(=O)C=Cc1ccco1)c1ccccc1. The van der Waals surface area contributed by atoms with E-state index in [9.17, 15) is 14.7 Å². The lowest BCUT2D eigenvalue weighted by Crippen LogP contribution is -2.39. The lowest BCUT2D eigenvalue weighted by molar-refractivity contribution is -0.122. The molecule has 0 bridgehead atoms. The van der Waals surface area contributed by atoms with Gasteiger partial charge in [0.25, 0.3) is 0 Å². The zero-order valence-corrected chi connectivity index (χ0v) is 14.1. The Hall–Kier alpha value is -2.86. The van der Waals surface area contributed by atoms with E-state index in [1.807, 2.05) is 18.2 Å². The smallest absolute Gasteiger partial charge is 0.244 e. The molecule has 6 nitrogen and oxygen atoms in total. The molecule has 1 heterocycles. The number of benzene rings is 1. The third kappa shape index (κ3) is 6.27. The van der Waals surface area contributed by atoms with Crippen LogP contribution < -0.4 is 10.6 Å². The average Bonchev–Trinajstić information content (AvgIpc) is 3.13. The number of carbonyl (C=O) groups is 2. The van der Waals surface area contributed by atoms with E-state index < -0.39 is 5.60 Å². The molecule has 2 amide bonds.